The Morgan fingerprint density at radius 3 is 1.50 bits per heavy atom. The van der Waals surface area contributed by atoms with Crippen LogP contribution in [0.2, 0.25) is 0 Å². The van der Waals surface area contributed by atoms with E-state index in [0.29, 0.717) is 5.56 Å². The maximum Gasteiger partial charge on any atom is 0.339 e. The fraction of sp³-hybridized carbons (Fsp3) is 0.0714. The highest BCUT2D eigenvalue weighted by atomic mass is 16.6. The van der Waals surface area contributed by atoms with Gasteiger partial charge in [-0.1, -0.05) is 26.3 Å². The Labute approximate surface area is 218 Å². The molecule has 2 rings (SSSR count). The zero-order chi connectivity index (χ0) is 28.2. The maximum atomic E-state index is 12.8. The van der Waals surface area contributed by atoms with Crippen LogP contribution in [-0.2, 0) is 19.2 Å². The first-order valence-corrected chi connectivity index (χ1v) is 10.8. The molecule has 1 atom stereocenters. The fourth-order valence-electron chi connectivity index (χ4n) is 2.68. The van der Waals surface area contributed by atoms with Crippen LogP contribution in [0.25, 0.3) is 6.08 Å². The average Bonchev–Trinajstić information content (AvgIpc) is 2.87. The van der Waals surface area contributed by atoms with Gasteiger partial charge in [0.2, 0.25) is 6.29 Å². The van der Waals surface area contributed by atoms with E-state index in [4.69, 9.17) is 23.7 Å². The quantitative estimate of drug-likeness (QED) is 0.145. The molecule has 0 aliphatic rings. The third-order valence-electron chi connectivity index (χ3n) is 4.29. The van der Waals surface area contributed by atoms with Gasteiger partial charge in [0.25, 0.3) is 0 Å². The zero-order valence-electron chi connectivity index (χ0n) is 20.4. The predicted octanol–water partition coefficient (Wildman–Crippen LogP) is 3.85. The van der Waals surface area contributed by atoms with E-state index in [-0.39, 0.29) is 34.3 Å². The maximum absolute atomic E-state index is 12.8. The normalized spacial score (nSPS) is 11.3. The summed E-state index contributed by atoms with van der Waals surface area (Å²) in [7, 11) is 0. The average molecular weight is 520 g/mol. The molecule has 2 aromatic carbocycles. The number of aliphatic hydroxyl groups excluding tert-OH is 1. The Morgan fingerprint density at radius 2 is 1.08 bits per heavy atom. The number of hydrogen-bond acceptors (Lipinski definition) is 10. The lowest BCUT2D eigenvalue weighted by Crippen LogP contribution is -2.13. The number of rotatable bonds is 12. The molecule has 2 aromatic rings. The highest BCUT2D eigenvalue weighted by molar-refractivity contribution is 5.95. The lowest BCUT2D eigenvalue weighted by atomic mass is 10.1. The van der Waals surface area contributed by atoms with Gasteiger partial charge < -0.3 is 28.8 Å². The minimum atomic E-state index is -1.38. The van der Waals surface area contributed by atoms with Crippen LogP contribution in [0.5, 0.6) is 28.7 Å². The van der Waals surface area contributed by atoms with Gasteiger partial charge in [0.05, 0.1) is 0 Å². The number of hydrogen-bond donors (Lipinski definition) is 1. The molecule has 0 saturated carbocycles. The van der Waals surface area contributed by atoms with Crippen molar-refractivity contribution in [2.24, 2.45) is 0 Å². The van der Waals surface area contributed by atoms with E-state index in [1.54, 1.807) is 0 Å². The summed E-state index contributed by atoms with van der Waals surface area (Å²) in [5.41, 5.74) is 0.410. The second-order valence-electron chi connectivity index (χ2n) is 7.21. The van der Waals surface area contributed by atoms with Crippen molar-refractivity contribution in [2.45, 2.75) is 13.2 Å². The molecule has 196 valence electrons. The number of benzene rings is 2. The summed E-state index contributed by atoms with van der Waals surface area (Å²) in [6.45, 7) is 14.8. The van der Waals surface area contributed by atoms with Crippen molar-refractivity contribution < 1.29 is 48.0 Å². The molecule has 0 saturated heterocycles. The monoisotopic (exact) mass is 520 g/mol. The van der Waals surface area contributed by atoms with Crippen molar-refractivity contribution in [3.05, 3.63) is 98.2 Å². The highest BCUT2D eigenvalue weighted by Gasteiger charge is 2.14. The van der Waals surface area contributed by atoms with Crippen LogP contribution in [0, 0.1) is 0 Å². The Hall–Kier alpha value is -5.22. The molecule has 0 radical (unpaired) electrons. The second kappa shape index (κ2) is 13.8. The van der Waals surface area contributed by atoms with Gasteiger partial charge in [-0.25, -0.2) is 19.2 Å². The van der Waals surface area contributed by atoms with Gasteiger partial charge in [-0.3, -0.25) is 0 Å². The molecule has 1 unspecified atom stereocenters. The molecule has 0 bridgehead atoms. The highest BCUT2D eigenvalue weighted by Crippen LogP contribution is 2.30. The second-order valence-corrected chi connectivity index (χ2v) is 7.21. The Kier molecular flexibility index (Phi) is 10.5. The Bertz CT molecular complexity index is 1280. The lowest BCUT2D eigenvalue weighted by molar-refractivity contribution is -0.130. The van der Waals surface area contributed by atoms with Crippen molar-refractivity contribution in [2.75, 3.05) is 0 Å². The molecule has 0 fully saturated rings. The third-order valence-corrected chi connectivity index (χ3v) is 4.29. The van der Waals surface area contributed by atoms with E-state index in [9.17, 15) is 24.3 Å². The standard InChI is InChI=1S/C28H24O10/c1-6-24(29)34-19-11-18(12-20(13-19)35-25(30)7-2)10-17(5)28(33)38-23-15-21(36-26(31)8-3)14-22(16-23)37-27(32)9-4/h6-16,26,31H,1-4H2,5H3/b17-10+. The Balaban J connectivity index is 2.37. The van der Waals surface area contributed by atoms with Gasteiger partial charge in [-0.15, -0.1) is 0 Å². The summed E-state index contributed by atoms with van der Waals surface area (Å²) in [5.74, 6) is -3.14. The van der Waals surface area contributed by atoms with Crippen LogP contribution < -0.4 is 23.7 Å². The summed E-state index contributed by atoms with van der Waals surface area (Å²) in [6, 6.07) is 7.95. The van der Waals surface area contributed by atoms with Gasteiger partial charge >= 0.3 is 23.9 Å². The number of carbonyl (C=O) groups excluding carboxylic acids is 4. The van der Waals surface area contributed by atoms with Crippen molar-refractivity contribution in [1.29, 1.82) is 0 Å². The minimum absolute atomic E-state index is 0.0154. The molecule has 0 spiro atoms. The molecular weight excluding hydrogens is 496 g/mol. The summed E-state index contributed by atoms with van der Waals surface area (Å²) >= 11 is 0. The predicted molar refractivity (Wildman–Crippen MR) is 136 cm³/mol. The molecule has 1 N–H and O–H groups in total. The number of aliphatic hydroxyl groups is 1. The van der Waals surface area contributed by atoms with Gasteiger partial charge in [0, 0.05) is 48.1 Å². The molecule has 0 amide bonds. The van der Waals surface area contributed by atoms with Crippen LogP contribution in [0.4, 0.5) is 0 Å². The summed E-state index contributed by atoms with van der Waals surface area (Å²) in [5, 5.41) is 9.69. The first-order valence-electron chi connectivity index (χ1n) is 10.8. The lowest BCUT2D eigenvalue weighted by Gasteiger charge is -2.13. The molecule has 0 aromatic heterocycles. The fourth-order valence-corrected chi connectivity index (χ4v) is 2.68. The third kappa shape index (κ3) is 9.10. The van der Waals surface area contributed by atoms with E-state index in [1.165, 1.54) is 49.4 Å². The molecule has 38 heavy (non-hydrogen) atoms. The van der Waals surface area contributed by atoms with E-state index in [0.717, 1.165) is 24.3 Å². The van der Waals surface area contributed by atoms with Crippen LogP contribution in [-0.4, -0.2) is 35.3 Å². The summed E-state index contributed by atoms with van der Waals surface area (Å²) in [4.78, 5) is 47.6. The minimum Gasteiger partial charge on any atom is -0.461 e. The zero-order valence-corrected chi connectivity index (χ0v) is 20.4. The van der Waals surface area contributed by atoms with Crippen LogP contribution in [0.3, 0.4) is 0 Å². The van der Waals surface area contributed by atoms with E-state index in [1.807, 2.05) is 0 Å². The Morgan fingerprint density at radius 1 is 0.684 bits per heavy atom. The van der Waals surface area contributed by atoms with Crippen molar-refractivity contribution in [3.8, 4) is 28.7 Å². The van der Waals surface area contributed by atoms with Crippen molar-refractivity contribution >= 4 is 30.0 Å². The first-order chi connectivity index (χ1) is 18.1. The van der Waals surface area contributed by atoms with E-state index < -0.39 is 30.2 Å². The molecule has 0 aliphatic carbocycles. The van der Waals surface area contributed by atoms with Crippen LogP contribution in [0.1, 0.15) is 12.5 Å². The van der Waals surface area contributed by atoms with Gasteiger partial charge in [-0.05, 0) is 36.8 Å². The molecule has 10 heteroatoms. The molecular formula is C28H24O10. The van der Waals surface area contributed by atoms with Gasteiger partial charge in [-0.2, -0.15) is 0 Å². The van der Waals surface area contributed by atoms with Gasteiger partial charge in [0.1, 0.15) is 28.7 Å². The van der Waals surface area contributed by atoms with Crippen molar-refractivity contribution in [3.63, 3.8) is 0 Å². The SMILES string of the molecule is C=CC(=O)Oc1cc(/C=C(\C)C(=O)Oc2cc(OC(=O)C=C)cc(OC(O)C=C)c2)cc(OC(=O)C=C)c1. The largest absolute Gasteiger partial charge is 0.461 e. The molecule has 0 heterocycles. The molecule has 10 nitrogen and oxygen atoms in total. The van der Waals surface area contributed by atoms with Crippen LogP contribution >= 0.6 is 0 Å². The number of ether oxygens (including phenoxy) is 5. The van der Waals surface area contributed by atoms with E-state index >= 15 is 0 Å². The summed E-state index contributed by atoms with van der Waals surface area (Å²) in [6.07, 6.45) is 3.96. The van der Waals surface area contributed by atoms with Crippen LogP contribution in [0.15, 0.2) is 92.6 Å². The van der Waals surface area contributed by atoms with Gasteiger partial charge in [0.15, 0.2) is 0 Å². The smallest absolute Gasteiger partial charge is 0.339 e. The number of carbonyl (C=O) groups is 4. The molecule has 0 aliphatic heterocycles. The number of esters is 4. The summed E-state index contributed by atoms with van der Waals surface area (Å²) < 4.78 is 25.9. The topological polar surface area (TPSA) is 135 Å². The first kappa shape index (κ1) is 29.0. The van der Waals surface area contributed by atoms with E-state index in [2.05, 4.69) is 26.3 Å². The van der Waals surface area contributed by atoms with Crippen molar-refractivity contribution in [1.82, 2.24) is 0 Å².